The maximum absolute atomic E-state index is 3.62. The first-order valence-corrected chi connectivity index (χ1v) is 7.59. The Hall–Kier alpha value is -1.28. The molecule has 1 heterocycles. The minimum absolute atomic E-state index is 0.610. The molecule has 2 N–H and O–H groups in total. The van der Waals surface area contributed by atoms with Gasteiger partial charge in [-0.05, 0) is 42.5 Å². The summed E-state index contributed by atoms with van der Waals surface area (Å²) in [6.45, 7) is 5.52. The summed E-state index contributed by atoms with van der Waals surface area (Å²) in [5, 5.41) is 4.92. The molecule has 0 saturated carbocycles. The van der Waals surface area contributed by atoms with Gasteiger partial charge in [0, 0.05) is 24.3 Å². The Morgan fingerprint density at radius 2 is 2.05 bits per heavy atom. The molecule has 0 saturated heterocycles. The number of H-pyrrole nitrogens is 1. The minimum atomic E-state index is 0.610. The zero-order valence-electron chi connectivity index (χ0n) is 12.2. The molecule has 0 aliphatic carbocycles. The summed E-state index contributed by atoms with van der Waals surface area (Å²) in [6.07, 6.45) is 8.69. The molecule has 0 amide bonds. The van der Waals surface area contributed by atoms with Gasteiger partial charge >= 0.3 is 0 Å². The number of rotatable bonds is 8. The van der Waals surface area contributed by atoms with E-state index in [4.69, 9.17) is 0 Å². The van der Waals surface area contributed by atoms with Crippen LogP contribution in [0, 0.1) is 0 Å². The highest BCUT2D eigenvalue weighted by Crippen LogP contribution is 2.14. The van der Waals surface area contributed by atoms with Crippen LogP contribution < -0.4 is 5.32 Å². The smallest absolute Gasteiger partial charge is 0.0454 e. The molecule has 104 valence electrons. The lowest BCUT2D eigenvalue weighted by atomic mass is 10.1. The first kappa shape index (κ1) is 14.1. The summed E-state index contributed by atoms with van der Waals surface area (Å²) >= 11 is 0. The third kappa shape index (κ3) is 4.39. The van der Waals surface area contributed by atoms with Gasteiger partial charge in [-0.15, -0.1) is 0 Å². The first-order valence-electron chi connectivity index (χ1n) is 7.59. The molecule has 0 spiro atoms. The predicted molar refractivity (Wildman–Crippen MR) is 83.4 cm³/mol. The van der Waals surface area contributed by atoms with Gasteiger partial charge in [-0.3, -0.25) is 0 Å². The molecule has 1 unspecified atom stereocenters. The van der Waals surface area contributed by atoms with Crippen LogP contribution in [0.25, 0.3) is 10.9 Å². The van der Waals surface area contributed by atoms with E-state index in [-0.39, 0.29) is 0 Å². The number of hydrogen-bond acceptors (Lipinski definition) is 1. The molecule has 19 heavy (non-hydrogen) atoms. The van der Waals surface area contributed by atoms with Crippen LogP contribution in [0.5, 0.6) is 0 Å². The quantitative estimate of drug-likeness (QED) is 0.664. The topological polar surface area (TPSA) is 27.8 Å². The molecule has 1 aromatic heterocycles. The van der Waals surface area contributed by atoms with Crippen molar-refractivity contribution < 1.29 is 0 Å². The van der Waals surface area contributed by atoms with E-state index in [2.05, 4.69) is 48.4 Å². The number of aromatic amines is 1. The van der Waals surface area contributed by atoms with Gasteiger partial charge in [0.25, 0.3) is 0 Å². The van der Waals surface area contributed by atoms with E-state index in [1.54, 1.807) is 0 Å². The maximum atomic E-state index is 3.62. The molecule has 2 aromatic rings. The van der Waals surface area contributed by atoms with Gasteiger partial charge in [-0.1, -0.05) is 38.7 Å². The van der Waals surface area contributed by atoms with Crippen molar-refractivity contribution in [1.82, 2.24) is 10.3 Å². The summed E-state index contributed by atoms with van der Waals surface area (Å²) in [5.74, 6) is 0. The van der Waals surface area contributed by atoms with E-state index in [1.165, 1.54) is 48.6 Å². The van der Waals surface area contributed by atoms with Crippen LogP contribution in [0.4, 0.5) is 0 Å². The number of hydrogen-bond donors (Lipinski definition) is 2. The molecule has 1 aromatic carbocycles. The Morgan fingerprint density at radius 3 is 2.89 bits per heavy atom. The molecule has 1 atom stereocenters. The van der Waals surface area contributed by atoms with Gasteiger partial charge in [0.1, 0.15) is 0 Å². The highest BCUT2D eigenvalue weighted by molar-refractivity contribution is 5.79. The Balaban J connectivity index is 1.74. The standard InChI is InChI=1S/C17H26N2/c1-3-4-5-6-7-14(2)19-13-15-8-9-17-16(12-15)10-11-18-17/h8-12,14,18-19H,3-7,13H2,1-2H3. The molecule has 0 radical (unpaired) electrons. The minimum Gasteiger partial charge on any atom is -0.361 e. The van der Waals surface area contributed by atoms with Crippen LogP contribution in [0.15, 0.2) is 30.5 Å². The van der Waals surface area contributed by atoms with Crippen molar-refractivity contribution in [3.05, 3.63) is 36.0 Å². The summed E-state index contributed by atoms with van der Waals surface area (Å²) in [5.41, 5.74) is 2.59. The van der Waals surface area contributed by atoms with Crippen molar-refractivity contribution in [3.63, 3.8) is 0 Å². The van der Waals surface area contributed by atoms with E-state index in [9.17, 15) is 0 Å². The van der Waals surface area contributed by atoms with Crippen molar-refractivity contribution in [2.24, 2.45) is 0 Å². The van der Waals surface area contributed by atoms with Gasteiger partial charge in [0.15, 0.2) is 0 Å². The van der Waals surface area contributed by atoms with Gasteiger partial charge < -0.3 is 10.3 Å². The van der Waals surface area contributed by atoms with Gasteiger partial charge in [0.05, 0.1) is 0 Å². The average molecular weight is 258 g/mol. The monoisotopic (exact) mass is 258 g/mol. The maximum Gasteiger partial charge on any atom is 0.0454 e. The van der Waals surface area contributed by atoms with Crippen molar-refractivity contribution >= 4 is 10.9 Å². The third-order valence-corrected chi connectivity index (χ3v) is 3.76. The van der Waals surface area contributed by atoms with Crippen LogP contribution in [0.1, 0.15) is 51.5 Å². The molecule has 2 nitrogen and oxygen atoms in total. The van der Waals surface area contributed by atoms with Crippen LogP contribution >= 0.6 is 0 Å². The molecule has 2 rings (SSSR count). The Labute approximate surface area is 116 Å². The Kier molecular flexibility index (Phi) is 5.46. The summed E-state index contributed by atoms with van der Waals surface area (Å²) in [4.78, 5) is 3.23. The Bertz CT molecular complexity index is 487. The SMILES string of the molecule is CCCCCCC(C)NCc1ccc2[nH]ccc2c1. The van der Waals surface area contributed by atoms with Gasteiger partial charge in [-0.2, -0.15) is 0 Å². The fourth-order valence-corrected chi connectivity index (χ4v) is 2.48. The molecular weight excluding hydrogens is 232 g/mol. The number of fused-ring (bicyclic) bond motifs is 1. The number of aromatic nitrogens is 1. The highest BCUT2D eigenvalue weighted by atomic mass is 14.9. The average Bonchev–Trinajstić information content (AvgIpc) is 2.89. The second-order valence-corrected chi connectivity index (χ2v) is 5.53. The zero-order chi connectivity index (χ0) is 13.5. The van der Waals surface area contributed by atoms with E-state index >= 15 is 0 Å². The van der Waals surface area contributed by atoms with Crippen LogP contribution in [0.2, 0.25) is 0 Å². The zero-order valence-corrected chi connectivity index (χ0v) is 12.2. The fraction of sp³-hybridized carbons (Fsp3) is 0.529. The number of benzene rings is 1. The van der Waals surface area contributed by atoms with Gasteiger partial charge in [-0.25, -0.2) is 0 Å². The largest absolute Gasteiger partial charge is 0.361 e. The van der Waals surface area contributed by atoms with E-state index in [0.717, 1.165) is 6.54 Å². The number of unbranched alkanes of at least 4 members (excludes halogenated alkanes) is 3. The predicted octanol–water partition coefficient (Wildman–Crippen LogP) is 4.62. The van der Waals surface area contributed by atoms with E-state index < -0.39 is 0 Å². The van der Waals surface area contributed by atoms with E-state index in [1.807, 2.05) is 6.20 Å². The van der Waals surface area contributed by atoms with Crippen LogP contribution in [-0.4, -0.2) is 11.0 Å². The Morgan fingerprint density at radius 1 is 1.16 bits per heavy atom. The van der Waals surface area contributed by atoms with Crippen molar-refractivity contribution in [3.8, 4) is 0 Å². The van der Waals surface area contributed by atoms with Crippen molar-refractivity contribution in [2.75, 3.05) is 0 Å². The second kappa shape index (κ2) is 7.34. The van der Waals surface area contributed by atoms with E-state index in [0.29, 0.717) is 6.04 Å². The lowest BCUT2D eigenvalue weighted by Crippen LogP contribution is -2.25. The molecule has 0 bridgehead atoms. The molecule has 2 heteroatoms. The lowest BCUT2D eigenvalue weighted by Gasteiger charge is -2.13. The fourth-order valence-electron chi connectivity index (χ4n) is 2.48. The summed E-state index contributed by atoms with van der Waals surface area (Å²) in [7, 11) is 0. The molecular formula is C17H26N2. The third-order valence-electron chi connectivity index (χ3n) is 3.76. The summed E-state index contributed by atoms with van der Waals surface area (Å²) < 4.78 is 0. The first-order chi connectivity index (χ1) is 9.29. The van der Waals surface area contributed by atoms with Crippen LogP contribution in [-0.2, 0) is 6.54 Å². The second-order valence-electron chi connectivity index (χ2n) is 5.53. The van der Waals surface area contributed by atoms with Crippen LogP contribution in [0.3, 0.4) is 0 Å². The molecule has 0 aliphatic rings. The highest BCUT2D eigenvalue weighted by Gasteiger charge is 2.02. The normalized spacial score (nSPS) is 12.9. The lowest BCUT2D eigenvalue weighted by molar-refractivity contribution is 0.483. The number of nitrogens with one attached hydrogen (secondary N) is 2. The van der Waals surface area contributed by atoms with Crippen molar-refractivity contribution in [2.45, 2.75) is 58.5 Å². The molecule has 0 fully saturated rings. The molecule has 0 aliphatic heterocycles. The van der Waals surface area contributed by atoms with Gasteiger partial charge in [0.2, 0.25) is 0 Å². The van der Waals surface area contributed by atoms with Crippen molar-refractivity contribution in [1.29, 1.82) is 0 Å². The summed E-state index contributed by atoms with van der Waals surface area (Å²) in [6, 6.07) is 9.38.